The van der Waals surface area contributed by atoms with E-state index in [0.29, 0.717) is 23.1 Å². The molecular weight excluding hydrogens is 262 g/mol. The van der Waals surface area contributed by atoms with Crippen molar-refractivity contribution in [1.29, 1.82) is 0 Å². The third-order valence-corrected chi connectivity index (χ3v) is 3.38. The van der Waals surface area contributed by atoms with Crippen LogP contribution in [0.2, 0.25) is 5.02 Å². The molecule has 3 nitrogen and oxygen atoms in total. The molecule has 19 heavy (non-hydrogen) atoms. The van der Waals surface area contributed by atoms with Crippen molar-refractivity contribution in [2.75, 3.05) is 0 Å². The highest BCUT2D eigenvalue weighted by Crippen LogP contribution is 2.17. The van der Waals surface area contributed by atoms with Gasteiger partial charge in [0, 0.05) is 11.1 Å². The number of benzene rings is 1. The maximum atomic E-state index is 12.1. The normalized spacial score (nSPS) is 14.0. The Hall–Kier alpha value is -1.22. The first-order chi connectivity index (χ1) is 8.93. The van der Waals surface area contributed by atoms with Crippen molar-refractivity contribution >= 4 is 17.5 Å². The molecule has 0 aliphatic heterocycles. The smallest absolute Gasteiger partial charge is 0.261 e. The van der Waals surface area contributed by atoms with Gasteiger partial charge < -0.3 is 10.1 Å². The highest BCUT2D eigenvalue weighted by atomic mass is 35.5. The van der Waals surface area contributed by atoms with Crippen LogP contribution in [0.1, 0.15) is 34.1 Å². The van der Waals surface area contributed by atoms with Crippen LogP contribution in [0.5, 0.6) is 5.75 Å². The van der Waals surface area contributed by atoms with Gasteiger partial charge in [0.05, 0.1) is 0 Å². The van der Waals surface area contributed by atoms with Gasteiger partial charge in [0.15, 0.2) is 6.10 Å². The zero-order chi connectivity index (χ0) is 14.4. The predicted octanol–water partition coefficient (Wildman–Crippen LogP) is 3.66. The van der Waals surface area contributed by atoms with Gasteiger partial charge in [-0.2, -0.15) is 0 Å². The largest absolute Gasteiger partial charge is 0.481 e. The number of carbonyl (C=O) groups is 1. The Labute approximate surface area is 120 Å². The molecule has 0 bridgehead atoms. The van der Waals surface area contributed by atoms with E-state index in [1.54, 1.807) is 24.3 Å². The van der Waals surface area contributed by atoms with Gasteiger partial charge in [0.2, 0.25) is 0 Å². The first kappa shape index (κ1) is 15.8. The Bertz CT molecular complexity index is 403. The van der Waals surface area contributed by atoms with Crippen LogP contribution in [-0.4, -0.2) is 18.1 Å². The molecule has 0 radical (unpaired) electrons. The summed E-state index contributed by atoms with van der Waals surface area (Å²) in [4.78, 5) is 12.1. The van der Waals surface area contributed by atoms with E-state index in [0.717, 1.165) is 0 Å². The summed E-state index contributed by atoms with van der Waals surface area (Å²) in [7, 11) is 0. The molecule has 1 amide bonds. The standard InChI is InChI=1S/C15H22ClNO2/c1-5-14(15(18)17-11(4)10(2)3)19-13-8-6-12(16)7-9-13/h6-11,14H,5H2,1-4H3,(H,17,18). The summed E-state index contributed by atoms with van der Waals surface area (Å²) in [6.07, 6.45) is 0.154. The highest BCUT2D eigenvalue weighted by molar-refractivity contribution is 6.30. The maximum absolute atomic E-state index is 12.1. The topological polar surface area (TPSA) is 38.3 Å². The van der Waals surface area contributed by atoms with Gasteiger partial charge in [-0.3, -0.25) is 4.79 Å². The number of nitrogens with one attached hydrogen (secondary N) is 1. The van der Waals surface area contributed by atoms with Crippen molar-refractivity contribution < 1.29 is 9.53 Å². The quantitative estimate of drug-likeness (QED) is 0.865. The Kier molecular flexibility index (Phi) is 6.16. The van der Waals surface area contributed by atoms with Crippen LogP contribution < -0.4 is 10.1 Å². The van der Waals surface area contributed by atoms with Crippen molar-refractivity contribution in [3.63, 3.8) is 0 Å². The number of hydrogen-bond acceptors (Lipinski definition) is 2. The number of carbonyl (C=O) groups excluding carboxylic acids is 1. The van der Waals surface area contributed by atoms with Crippen molar-refractivity contribution in [2.45, 2.75) is 46.3 Å². The van der Waals surface area contributed by atoms with Gasteiger partial charge in [0.1, 0.15) is 5.75 Å². The minimum Gasteiger partial charge on any atom is -0.481 e. The lowest BCUT2D eigenvalue weighted by molar-refractivity contribution is -0.129. The molecule has 1 rings (SSSR count). The molecule has 1 N–H and O–H groups in total. The number of hydrogen-bond donors (Lipinski definition) is 1. The molecule has 2 atom stereocenters. The van der Waals surface area contributed by atoms with Crippen LogP contribution in [0.4, 0.5) is 0 Å². The average molecular weight is 284 g/mol. The molecule has 0 aliphatic carbocycles. The van der Waals surface area contributed by atoms with Gasteiger partial charge in [-0.15, -0.1) is 0 Å². The molecule has 0 fully saturated rings. The van der Waals surface area contributed by atoms with Gasteiger partial charge >= 0.3 is 0 Å². The zero-order valence-corrected chi connectivity index (χ0v) is 12.7. The summed E-state index contributed by atoms with van der Waals surface area (Å²) in [6.45, 7) is 8.08. The predicted molar refractivity (Wildman–Crippen MR) is 78.6 cm³/mol. The van der Waals surface area contributed by atoms with Crippen molar-refractivity contribution in [3.05, 3.63) is 29.3 Å². The fourth-order valence-electron chi connectivity index (χ4n) is 1.48. The van der Waals surface area contributed by atoms with Crippen molar-refractivity contribution in [1.82, 2.24) is 5.32 Å². The first-order valence-corrected chi connectivity index (χ1v) is 7.04. The van der Waals surface area contributed by atoms with Crippen LogP contribution in [0.3, 0.4) is 0 Å². The second-order valence-electron chi connectivity index (χ2n) is 5.01. The summed E-state index contributed by atoms with van der Waals surface area (Å²) in [5.41, 5.74) is 0. The molecule has 0 spiro atoms. The van der Waals surface area contributed by atoms with E-state index in [4.69, 9.17) is 16.3 Å². The third kappa shape index (κ3) is 5.11. The molecule has 2 unspecified atom stereocenters. The minimum absolute atomic E-state index is 0.0707. The molecule has 0 aromatic heterocycles. The Morgan fingerprint density at radius 2 is 1.84 bits per heavy atom. The van der Waals surface area contributed by atoms with E-state index in [-0.39, 0.29) is 11.9 Å². The van der Waals surface area contributed by atoms with Gasteiger partial charge in [-0.1, -0.05) is 32.4 Å². The van der Waals surface area contributed by atoms with Crippen molar-refractivity contribution in [3.8, 4) is 5.75 Å². The fourth-order valence-corrected chi connectivity index (χ4v) is 1.61. The van der Waals surface area contributed by atoms with E-state index < -0.39 is 6.10 Å². The molecule has 1 aromatic rings. The lowest BCUT2D eigenvalue weighted by Gasteiger charge is -2.22. The molecule has 0 heterocycles. The molecular formula is C15H22ClNO2. The van der Waals surface area contributed by atoms with E-state index in [1.807, 2.05) is 13.8 Å². The lowest BCUT2D eigenvalue weighted by atomic mass is 10.1. The number of amides is 1. The Balaban J connectivity index is 2.62. The second kappa shape index (κ2) is 7.39. The van der Waals surface area contributed by atoms with Crippen LogP contribution in [0, 0.1) is 5.92 Å². The van der Waals surface area contributed by atoms with Gasteiger partial charge in [-0.05, 0) is 43.5 Å². The van der Waals surface area contributed by atoms with Crippen LogP contribution in [0.15, 0.2) is 24.3 Å². The summed E-state index contributed by atoms with van der Waals surface area (Å²) in [5, 5.41) is 3.62. The second-order valence-corrected chi connectivity index (χ2v) is 5.45. The highest BCUT2D eigenvalue weighted by Gasteiger charge is 2.21. The molecule has 106 valence electrons. The third-order valence-electron chi connectivity index (χ3n) is 3.13. The summed E-state index contributed by atoms with van der Waals surface area (Å²) >= 11 is 5.81. The van der Waals surface area contributed by atoms with Gasteiger partial charge in [-0.25, -0.2) is 0 Å². The number of rotatable bonds is 6. The molecule has 0 saturated heterocycles. The number of halogens is 1. The summed E-state index contributed by atoms with van der Waals surface area (Å²) < 4.78 is 5.69. The zero-order valence-electron chi connectivity index (χ0n) is 11.9. The Morgan fingerprint density at radius 3 is 2.32 bits per heavy atom. The fraction of sp³-hybridized carbons (Fsp3) is 0.533. The van der Waals surface area contributed by atoms with Crippen LogP contribution >= 0.6 is 11.6 Å². The number of ether oxygens (including phenoxy) is 1. The Morgan fingerprint density at radius 1 is 1.26 bits per heavy atom. The summed E-state index contributed by atoms with van der Waals surface area (Å²) in [6, 6.07) is 7.17. The molecule has 1 aromatic carbocycles. The van der Waals surface area contributed by atoms with E-state index in [1.165, 1.54) is 0 Å². The van der Waals surface area contributed by atoms with E-state index >= 15 is 0 Å². The first-order valence-electron chi connectivity index (χ1n) is 6.66. The molecule has 0 saturated carbocycles. The van der Waals surface area contributed by atoms with Crippen LogP contribution in [-0.2, 0) is 4.79 Å². The molecule has 0 aliphatic rings. The van der Waals surface area contributed by atoms with E-state index in [9.17, 15) is 4.79 Å². The molecule has 4 heteroatoms. The SMILES string of the molecule is CCC(Oc1ccc(Cl)cc1)C(=O)NC(C)C(C)C. The van der Waals surface area contributed by atoms with Gasteiger partial charge in [0.25, 0.3) is 5.91 Å². The lowest BCUT2D eigenvalue weighted by Crippen LogP contribution is -2.44. The van der Waals surface area contributed by atoms with E-state index in [2.05, 4.69) is 19.2 Å². The minimum atomic E-state index is -0.470. The van der Waals surface area contributed by atoms with Crippen molar-refractivity contribution in [2.24, 2.45) is 5.92 Å². The monoisotopic (exact) mass is 283 g/mol. The average Bonchev–Trinajstić information content (AvgIpc) is 2.37. The maximum Gasteiger partial charge on any atom is 0.261 e. The van der Waals surface area contributed by atoms with Crippen LogP contribution in [0.25, 0.3) is 0 Å². The summed E-state index contributed by atoms with van der Waals surface area (Å²) in [5.74, 6) is 0.985.